The Hall–Kier alpha value is -3.31. The third-order valence-electron chi connectivity index (χ3n) is 5.00. The summed E-state index contributed by atoms with van der Waals surface area (Å²) in [6.07, 6.45) is 0. The maximum atomic E-state index is 12.7. The number of hydrogen-bond donors (Lipinski definition) is 1. The maximum absolute atomic E-state index is 12.7. The van der Waals surface area contributed by atoms with Crippen molar-refractivity contribution in [2.45, 2.75) is 6.92 Å². The fourth-order valence-corrected chi connectivity index (χ4v) is 4.84. The number of piperazine rings is 1. The second-order valence-corrected chi connectivity index (χ2v) is 8.73. The summed E-state index contributed by atoms with van der Waals surface area (Å²) in [5.41, 5.74) is 1.27. The highest BCUT2D eigenvalue weighted by molar-refractivity contribution is 7.16. The summed E-state index contributed by atoms with van der Waals surface area (Å²) in [7, 11) is 0. The van der Waals surface area contributed by atoms with Crippen LogP contribution in [0, 0.1) is 10.1 Å². The predicted octanol–water partition coefficient (Wildman–Crippen LogP) is 3.70. The van der Waals surface area contributed by atoms with Crippen molar-refractivity contribution in [3.63, 3.8) is 0 Å². The number of nitro benzene ring substituents is 1. The SMILES string of the molecule is CC(=O)N1CCN(c2ccc(C(=O)Nc3nc(-c4cccs4)cs3)cc2[N+](=O)[O-])CC1. The van der Waals surface area contributed by atoms with Gasteiger partial charge >= 0.3 is 0 Å². The second kappa shape index (κ2) is 8.82. The Morgan fingerprint density at radius 1 is 1.16 bits per heavy atom. The molecule has 1 fully saturated rings. The molecule has 160 valence electrons. The largest absolute Gasteiger partial charge is 0.362 e. The van der Waals surface area contributed by atoms with Crippen LogP contribution in [0.25, 0.3) is 10.6 Å². The molecular weight excluding hydrogens is 438 g/mol. The van der Waals surface area contributed by atoms with Gasteiger partial charge in [-0.2, -0.15) is 0 Å². The third-order valence-corrected chi connectivity index (χ3v) is 6.65. The molecule has 0 atom stereocenters. The molecule has 2 aromatic heterocycles. The highest BCUT2D eigenvalue weighted by atomic mass is 32.1. The molecule has 3 heterocycles. The fourth-order valence-electron chi connectivity index (χ4n) is 3.38. The average Bonchev–Trinajstić information content (AvgIpc) is 3.45. The Kier molecular flexibility index (Phi) is 5.96. The number of nitrogens with zero attached hydrogens (tertiary/aromatic N) is 4. The van der Waals surface area contributed by atoms with Gasteiger partial charge in [-0.05, 0) is 23.6 Å². The molecule has 1 N–H and O–H groups in total. The first kappa shape index (κ1) is 20.9. The number of nitrogens with one attached hydrogen (secondary N) is 1. The molecule has 3 aromatic rings. The normalized spacial score (nSPS) is 13.8. The minimum absolute atomic E-state index is 0.00871. The van der Waals surface area contributed by atoms with Gasteiger partial charge in [0.25, 0.3) is 11.6 Å². The van der Waals surface area contributed by atoms with E-state index in [1.807, 2.05) is 27.8 Å². The van der Waals surface area contributed by atoms with Crippen LogP contribution in [0.3, 0.4) is 0 Å². The van der Waals surface area contributed by atoms with E-state index in [1.54, 1.807) is 28.4 Å². The molecule has 0 radical (unpaired) electrons. The molecule has 0 bridgehead atoms. The number of anilines is 2. The lowest BCUT2D eigenvalue weighted by Crippen LogP contribution is -2.48. The van der Waals surface area contributed by atoms with E-state index in [4.69, 9.17) is 0 Å². The highest BCUT2D eigenvalue weighted by Gasteiger charge is 2.26. The van der Waals surface area contributed by atoms with Gasteiger partial charge in [-0.25, -0.2) is 4.98 Å². The molecule has 11 heteroatoms. The minimum atomic E-state index is -0.484. The lowest BCUT2D eigenvalue weighted by Gasteiger charge is -2.35. The van der Waals surface area contributed by atoms with Gasteiger partial charge in [-0.1, -0.05) is 6.07 Å². The Labute approximate surface area is 186 Å². The number of thiophene rings is 1. The summed E-state index contributed by atoms with van der Waals surface area (Å²) in [5, 5.41) is 18.6. The van der Waals surface area contributed by atoms with E-state index < -0.39 is 10.8 Å². The number of carbonyl (C=O) groups is 2. The topological polar surface area (TPSA) is 109 Å². The highest BCUT2D eigenvalue weighted by Crippen LogP contribution is 2.31. The zero-order valence-corrected chi connectivity index (χ0v) is 18.2. The summed E-state index contributed by atoms with van der Waals surface area (Å²) in [5.74, 6) is -0.464. The van der Waals surface area contributed by atoms with E-state index in [9.17, 15) is 19.7 Å². The van der Waals surface area contributed by atoms with Crippen molar-refractivity contribution in [1.29, 1.82) is 0 Å². The molecule has 0 unspecified atom stereocenters. The molecule has 0 spiro atoms. The molecule has 9 nitrogen and oxygen atoms in total. The van der Waals surface area contributed by atoms with Crippen molar-refractivity contribution in [3.8, 4) is 10.6 Å². The van der Waals surface area contributed by atoms with Gasteiger partial charge in [0.15, 0.2) is 5.13 Å². The summed E-state index contributed by atoms with van der Waals surface area (Å²) >= 11 is 2.86. The molecule has 1 aromatic carbocycles. The first-order valence-electron chi connectivity index (χ1n) is 9.52. The first-order chi connectivity index (χ1) is 14.9. The van der Waals surface area contributed by atoms with Crippen molar-refractivity contribution >= 4 is 51.0 Å². The number of amides is 2. The van der Waals surface area contributed by atoms with Gasteiger partial charge in [0.2, 0.25) is 5.91 Å². The lowest BCUT2D eigenvalue weighted by molar-refractivity contribution is -0.384. The summed E-state index contributed by atoms with van der Waals surface area (Å²) in [6.45, 7) is 3.52. The third kappa shape index (κ3) is 4.57. The van der Waals surface area contributed by atoms with Crippen LogP contribution in [-0.4, -0.2) is 52.8 Å². The molecule has 1 saturated heterocycles. The molecule has 1 aliphatic heterocycles. The Morgan fingerprint density at radius 2 is 1.94 bits per heavy atom. The van der Waals surface area contributed by atoms with E-state index in [2.05, 4.69) is 10.3 Å². The molecule has 0 saturated carbocycles. The summed E-state index contributed by atoms with van der Waals surface area (Å²) in [4.78, 5) is 44.4. The second-order valence-electron chi connectivity index (χ2n) is 6.92. The average molecular weight is 458 g/mol. The Morgan fingerprint density at radius 3 is 2.58 bits per heavy atom. The number of aromatic nitrogens is 1. The van der Waals surface area contributed by atoms with Crippen LogP contribution in [0.4, 0.5) is 16.5 Å². The van der Waals surface area contributed by atoms with Crippen molar-refractivity contribution in [1.82, 2.24) is 9.88 Å². The van der Waals surface area contributed by atoms with Gasteiger partial charge in [0.1, 0.15) is 5.69 Å². The van der Waals surface area contributed by atoms with Gasteiger partial charge < -0.3 is 9.80 Å². The van der Waals surface area contributed by atoms with Crippen LogP contribution in [0.5, 0.6) is 0 Å². The lowest BCUT2D eigenvalue weighted by atomic mass is 10.1. The van der Waals surface area contributed by atoms with Crippen LogP contribution in [-0.2, 0) is 4.79 Å². The van der Waals surface area contributed by atoms with E-state index in [-0.39, 0.29) is 17.2 Å². The number of benzene rings is 1. The standard InChI is InChI=1S/C20H19N5O4S2/c1-13(26)23-6-8-24(9-7-23)16-5-4-14(11-17(16)25(28)29)19(27)22-20-21-15(12-31-20)18-3-2-10-30-18/h2-5,10-12H,6-9H2,1H3,(H,21,22,27). The predicted molar refractivity (Wildman–Crippen MR) is 121 cm³/mol. The van der Waals surface area contributed by atoms with Gasteiger partial charge in [0, 0.05) is 50.1 Å². The number of rotatable bonds is 5. The van der Waals surface area contributed by atoms with Crippen molar-refractivity contribution in [3.05, 3.63) is 56.8 Å². The van der Waals surface area contributed by atoms with Crippen LogP contribution < -0.4 is 10.2 Å². The van der Waals surface area contributed by atoms with Crippen LogP contribution >= 0.6 is 22.7 Å². The smallest absolute Gasteiger partial charge is 0.293 e. The van der Waals surface area contributed by atoms with Crippen molar-refractivity contribution < 1.29 is 14.5 Å². The quantitative estimate of drug-likeness (QED) is 0.462. The van der Waals surface area contributed by atoms with Crippen LogP contribution in [0.2, 0.25) is 0 Å². The van der Waals surface area contributed by atoms with Crippen molar-refractivity contribution in [2.75, 3.05) is 36.4 Å². The van der Waals surface area contributed by atoms with Crippen LogP contribution in [0.15, 0.2) is 41.1 Å². The zero-order chi connectivity index (χ0) is 22.0. The molecule has 1 aliphatic rings. The number of hydrogen-bond acceptors (Lipinski definition) is 8. The van der Waals surface area contributed by atoms with E-state index in [0.717, 1.165) is 10.6 Å². The molecule has 0 aliphatic carbocycles. The maximum Gasteiger partial charge on any atom is 0.293 e. The fraction of sp³-hybridized carbons (Fsp3) is 0.250. The molecule has 31 heavy (non-hydrogen) atoms. The van der Waals surface area contributed by atoms with Gasteiger partial charge in [-0.3, -0.25) is 25.0 Å². The molecule has 2 amide bonds. The van der Waals surface area contributed by atoms with Crippen molar-refractivity contribution in [2.24, 2.45) is 0 Å². The number of nitro groups is 1. The minimum Gasteiger partial charge on any atom is -0.362 e. The molecular formula is C20H19N5O4S2. The van der Waals surface area contributed by atoms with Gasteiger partial charge in [-0.15, -0.1) is 22.7 Å². The Bertz CT molecular complexity index is 1120. The number of thiazole rings is 1. The van der Waals surface area contributed by atoms with E-state index in [0.29, 0.717) is 37.0 Å². The molecule has 4 rings (SSSR count). The Balaban J connectivity index is 1.50. The monoisotopic (exact) mass is 457 g/mol. The first-order valence-corrected chi connectivity index (χ1v) is 11.3. The summed E-state index contributed by atoms with van der Waals surface area (Å²) in [6, 6.07) is 8.33. The van der Waals surface area contributed by atoms with Gasteiger partial charge in [0.05, 0.1) is 15.5 Å². The number of carbonyl (C=O) groups excluding carboxylic acids is 2. The van der Waals surface area contributed by atoms with E-state index >= 15 is 0 Å². The zero-order valence-electron chi connectivity index (χ0n) is 16.6. The van der Waals surface area contributed by atoms with Crippen LogP contribution in [0.1, 0.15) is 17.3 Å². The summed E-state index contributed by atoms with van der Waals surface area (Å²) < 4.78 is 0. The van der Waals surface area contributed by atoms with E-state index in [1.165, 1.54) is 24.3 Å².